The molecule has 126 heavy (non-hydrogen) atoms. The van der Waals surface area contributed by atoms with Crippen molar-refractivity contribution in [2.75, 3.05) is 26.4 Å². The van der Waals surface area contributed by atoms with Gasteiger partial charge in [0.2, 0.25) is 0 Å². The van der Waals surface area contributed by atoms with Crippen molar-refractivity contribution in [1.82, 2.24) is 0 Å². The van der Waals surface area contributed by atoms with Gasteiger partial charge in [0.25, 0.3) is 0 Å². The van der Waals surface area contributed by atoms with E-state index in [2.05, 4.69) is 104 Å². The number of ether oxygens (including phenoxy) is 4. The zero-order valence-electron chi connectivity index (χ0n) is 85.2. The summed E-state index contributed by atoms with van der Waals surface area (Å²) in [6, 6.07) is 26.4. The van der Waals surface area contributed by atoms with Crippen molar-refractivity contribution in [2.45, 2.75) is 569 Å². The SMILES string of the molecule is CCCCCCCCCCCCC(CCCCCCCCCC)COc1ccc(/C=C(\C#N)c2ccc(/C(C#N)=C/c3ccc(OCC(CCCCCCCCCC)CCCCCCCCCCCC)cc3OCC(CCCCCCCCCC)CCCCCCCCCCCC)cc2)c(OCC(CCCCCCCCCC)CCCCCCCCCCCC)c1. The van der Waals surface area contributed by atoms with Gasteiger partial charge >= 0.3 is 0 Å². The van der Waals surface area contributed by atoms with Crippen LogP contribution in [0.25, 0.3) is 23.3 Å². The first kappa shape index (κ1) is 115. The first-order valence-corrected chi connectivity index (χ1v) is 56.4. The average molecular weight is 1740 g/mol. The number of benzene rings is 3. The van der Waals surface area contributed by atoms with Crippen LogP contribution in [0.15, 0.2) is 60.7 Å². The summed E-state index contributed by atoms with van der Waals surface area (Å²) >= 11 is 0. The quantitative estimate of drug-likeness (QED) is 0.0318. The molecule has 0 amide bonds. The molecule has 3 aromatic rings. The molecule has 0 aliphatic carbocycles. The van der Waals surface area contributed by atoms with Crippen LogP contribution in [0.2, 0.25) is 0 Å². The predicted molar refractivity (Wildman–Crippen MR) is 557 cm³/mol. The second-order valence-electron chi connectivity index (χ2n) is 40.0. The van der Waals surface area contributed by atoms with Gasteiger partial charge in [-0.05, 0) is 123 Å². The number of rotatable bonds is 96. The lowest BCUT2D eigenvalue weighted by atomic mass is 9.94. The minimum atomic E-state index is 0.466. The van der Waals surface area contributed by atoms with Gasteiger partial charge in [-0.15, -0.1) is 0 Å². The van der Waals surface area contributed by atoms with Crippen molar-refractivity contribution in [3.05, 3.63) is 82.9 Å². The molecule has 0 fully saturated rings. The largest absolute Gasteiger partial charge is 0.493 e. The number of unbranched alkanes of at least 4 members (excludes halogenated alkanes) is 64. The second-order valence-corrected chi connectivity index (χ2v) is 40.0. The van der Waals surface area contributed by atoms with E-state index in [0.29, 0.717) is 48.0 Å². The minimum Gasteiger partial charge on any atom is -0.493 e. The zero-order chi connectivity index (χ0) is 90.2. The molecule has 722 valence electrons. The summed E-state index contributed by atoms with van der Waals surface area (Å²) in [6.45, 7) is 21.3. The minimum absolute atomic E-state index is 0.466. The van der Waals surface area contributed by atoms with Crippen LogP contribution >= 0.6 is 0 Å². The highest BCUT2D eigenvalue weighted by molar-refractivity contribution is 5.93. The smallest absolute Gasteiger partial charge is 0.130 e. The molecule has 3 rings (SSSR count). The van der Waals surface area contributed by atoms with Crippen molar-refractivity contribution in [3.8, 4) is 35.1 Å². The molecule has 0 spiro atoms. The summed E-state index contributed by atoms with van der Waals surface area (Å²) in [7, 11) is 0. The number of allylic oxidation sites excluding steroid dienone is 2. The third-order valence-corrected chi connectivity index (χ3v) is 28.0. The van der Waals surface area contributed by atoms with E-state index in [-0.39, 0.29) is 0 Å². The van der Waals surface area contributed by atoms with Crippen LogP contribution in [0.1, 0.15) is 591 Å². The zero-order valence-corrected chi connectivity index (χ0v) is 85.2. The number of hydrogen-bond donors (Lipinski definition) is 0. The number of nitriles is 2. The summed E-state index contributed by atoms with van der Waals surface area (Å²) in [6.07, 6.45) is 110. The van der Waals surface area contributed by atoms with Crippen molar-refractivity contribution < 1.29 is 18.9 Å². The molecule has 4 unspecified atom stereocenters. The topological polar surface area (TPSA) is 84.5 Å². The maximum absolute atomic E-state index is 11.3. The Morgan fingerprint density at radius 1 is 0.214 bits per heavy atom. The molecular formula is C120H208N2O4. The number of nitrogens with zero attached hydrogens (tertiary/aromatic N) is 2. The summed E-state index contributed by atoms with van der Waals surface area (Å²) in [5, 5.41) is 22.5. The molecule has 0 heterocycles. The molecule has 0 aliphatic rings. The van der Waals surface area contributed by atoms with Gasteiger partial charge in [0, 0.05) is 23.3 Å². The lowest BCUT2D eigenvalue weighted by Crippen LogP contribution is -2.14. The van der Waals surface area contributed by atoms with E-state index in [1.165, 1.54) is 514 Å². The van der Waals surface area contributed by atoms with E-state index in [1.54, 1.807) is 0 Å². The van der Waals surface area contributed by atoms with Gasteiger partial charge in [-0.2, -0.15) is 10.5 Å². The van der Waals surface area contributed by atoms with E-state index in [0.717, 1.165) is 58.5 Å². The molecule has 6 nitrogen and oxygen atoms in total. The highest BCUT2D eigenvalue weighted by Crippen LogP contribution is 2.36. The fraction of sp³-hybridized carbons (Fsp3) is 0.800. The molecule has 6 heteroatoms. The van der Waals surface area contributed by atoms with Crippen molar-refractivity contribution >= 4 is 23.3 Å². The van der Waals surface area contributed by atoms with Crippen molar-refractivity contribution in [2.24, 2.45) is 23.7 Å². The molecule has 3 aromatic carbocycles. The maximum atomic E-state index is 11.3. The monoisotopic (exact) mass is 1740 g/mol. The lowest BCUT2D eigenvalue weighted by molar-refractivity contribution is 0.214. The van der Waals surface area contributed by atoms with Gasteiger partial charge in [-0.3, -0.25) is 0 Å². The third kappa shape index (κ3) is 65.8. The summed E-state index contributed by atoms with van der Waals surface area (Å²) in [5.74, 6) is 5.33. The van der Waals surface area contributed by atoms with Crippen LogP contribution in [0.3, 0.4) is 0 Å². The van der Waals surface area contributed by atoms with Gasteiger partial charge in [-0.1, -0.05) is 542 Å². The third-order valence-electron chi connectivity index (χ3n) is 28.0. The summed E-state index contributed by atoms with van der Waals surface area (Å²) in [5.41, 5.74) is 4.58. The van der Waals surface area contributed by atoms with Crippen LogP contribution < -0.4 is 18.9 Å². The number of hydrogen-bond acceptors (Lipinski definition) is 6. The van der Waals surface area contributed by atoms with Crippen molar-refractivity contribution in [3.63, 3.8) is 0 Å². The van der Waals surface area contributed by atoms with Crippen LogP contribution in [0.5, 0.6) is 23.0 Å². The molecule has 0 bridgehead atoms. The molecule has 0 N–H and O–H groups in total. The van der Waals surface area contributed by atoms with Crippen LogP contribution in [0.4, 0.5) is 0 Å². The fourth-order valence-corrected chi connectivity index (χ4v) is 19.2. The van der Waals surface area contributed by atoms with Crippen LogP contribution in [-0.4, -0.2) is 26.4 Å². The van der Waals surface area contributed by atoms with Gasteiger partial charge in [-0.25, -0.2) is 0 Å². The standard InChI is InChI=1S/C120H208N2O4/c1-9-17-25-33-41-49-53-61-69-75-83-107(81-73-65-57-45-37-29-21-13-5)103-123-117-95-93-113(119(99-117)125-105-109(85-77-67-59-47-39-31-23-15-7)87-79-71-63-55-51-43-35-27-19-11-3)97-115(101-121)111-89-91-112(92-90-111)116(102-122)98-114-94-96-118(124-104-108(82-74-66-58-46-38-30-22-14-6)84-76-70-62-54-50-42-34-26-18-10-2)100-120(114)126-106-110(86-78-68-60-48-40-32-24-16-8)88-80-72-64-56-52-44-36-28-20-12-4/h89-100,107-110H,9-88,103-106H2,1-8H3/b115-97+,116-98+. The Hall–Kier alpha value is -4.68. The molecule has 4 atom stereocenters. The van der Waals surface area contributed by atoms with Gasteiger partial charge in [0.15, 0.2) is 0 Å². The molecule has 0 aliphatic heterocycles. The highest BCUT2D eigenvalue weighted by Gasteiger charge is 2.20. The molecule has 0 saturated carbocycles. The Bertz CT molecular complexity index is 2790. The van der Waals surface area contributed by atoms with Crippen LogP contribution in [-0.2, 0) is 0 Å². The summed E-state index contributed by atoms with van der Waals surface area (Å²) in [4.78, 5) is 0. The average Bonchev–Trinajstić information content (AvgIpc) is 0.831. The molecule has 0 saturated heterocycles. The lowest BCUT2D eigenvalue weighted by Gasteiger charge is -2.21. The Morgan fingerprint density at radius 2 is 0.373 bits per heavy atom. The maximum Gasteiger partial charge on any atom is 0.130 e. The van der Waals surface area contributed by atoms with Crippen LogP contribution in [0, 0.1) is 46.3 Å². The molecule has 0 aromatic heterocycles. The van der Waals surface area contributed by atoms with E-state index in [9.17, 15) is 10.5 Å². The van der Waals surface area contributed by atoms with E-state index >= 15 is 0 Å². The Balaban J connectivity index is 2.12. The fourth-order valence-electron chi connectivity index (χ4n) is 19.2. The van der Waals surface area contributed by atoms with Gasteiger partial charge in [0.05, 0.1) is 49.7 Å². The van der Waals surface area contributed by atoms with E-state index in [4.69, 9.17) is 18.9 Å². The van der Waals surface area contributed by atoms with Crippen molar-refractivity contribution in [1.29, 1.82) is 10.5 Å². The Morgan fingerprint density at radius 3 is 0.540 bits per heavy atom. The van der Waals surface area contributed by atoms with Gasteiger partial charge < -0.3 is 18.9 Å². The highest BCUT2D eigenvalue weighted by atomic mass is 16.5. The molecule has 0 radical (unpaired) electrons. The Labute approximate surface area is 785 Å². The predicted octanol–water partition coefficient (Wildman–Crippen LogP) is 41.2. The van der Waals surface area contributed by atoms with Gasteiger partial charge in [0.1, 0.15) is 23.0 Å². The Kier molecular flexibility index (Phi) is 80.9. The molecular weight excluding hydrogens is 1530 g/mol. The van der Waals surface area contributed by atoms with E-state index in [1.807, 2.05) is 36.4 Å². The van der Waals surface area contributed by atoms with E-state index < -0.39 is 0 Å². The second kappa shape index (κ2) is 88.3. The first-order chi connectivity index (χ1) is 62.3. The summed E-state index contributed by atoms with van der Waals surface area (Å²) < 4.78 is 28.4. The first-order valence-electron chi connectivity index (χ1n) is 56.4. The normalized spacial score (nSPS) is 12.8.